The Balaban J connectivity index is 2.67. The van der Waals surface area contributed by atoms with E-state index in [4.69, 9.17) is 15.6 Å². The summed E-state index contributed by atoms with van der Waals surface area (Å²) in [6, 6.07) is 1.46. The van der Waals surface area contributed by atoms with Crippen LogP contribution in [-0.2, 0) is 4.79 Å². The highest BCUT2D eigenvalue weighted by Gasteiger charge is 2.15. The van der Waals surface area contributed by atoms with Crippen LogP contribution in [0.3, 0.4) is 0 Å². The van der Waals surface area contributed by atoms with Crippen molar-refractivity contribution in [1.82, 2.24) is 10.3 Å². The Bertz CT molecular complexity index is 422. The highest BCUT2D eigenvalue weighted by Crippen LogP contribution is 2.14. The van der Waals surface area contributed by atoms with E-state index in [2.05, 4.69) is 10.3 Å². The number of hydrogen-bond donors (Lipinski definition) is 3. The fraction of sp³-hybridized carbons (Fsp3) is 0.300. The number of aliphatic hydroxyl groups is 1. The highest BCUT2D eigenvalue weighted by molar-refractivity contribution is 5.97. The number of nitrogens with zero attached hydrogens (tertiary/aromatic N) is 1. The summed E-state index contributed by atoms with van der Waals surface area (Å²) in [5.41, 5.74) is 5.11. The molecule has 0 aliphatic heterocycles. The van der Waals surface area contributed by atoms with Crippen LogP contribution in [-0.4, -0.2) is 41.7 Å². The number of aromatic nitrogens is 1. The Morgan fingerprint density at radius 2 is 2.35 bits per heavy atom. The summed E-state index contributed by atoms with van der Waals surface area (Å²) in [7, 11) is 1.41. The second-order valence-electron chi connectivity index (χ2n) is 3.20. The van der Waals surface area contributed by atoms with Crippen molar-refractivity contribution in [3.8, 4) is 5.75 Å². The van der Waals surface area contributed by atoms with Crippen LogP contribution in [0.5, 0.6) is 5.75 Å². The fourth-order valence-corrected chi connectivity index (χ4v) is 1.12. The predicted molar refractivity (Wildman–Crippen MR) is 58.3 cm³/mol. The highest BCUT2D eigenvalue weighted by atomic mass is 16.5. The third kappa shape index (κ3) is 3.42. The SMILES string of the molecule is COc1cnccc1C(=O)NCC(O)C(N)=O. The smallest absolute Gasteiger partial charge is 0.255 e. The second-order valence-corrected chi connectivity index (χ2v) is 3.20. The molecule has 0 bridgehead atoms. The zero-order valence-electron chi connectivity index (χ0n) is 9.21. The van der Waals surface area contributed by atoms with Crippen LogP contribution < -0.4 is 15.8 Å². The zero-order chi connectivity index (χ0) is 12.8. The minimum atomic E-state index is -1.41. The van der Waals surface area contributed by atoms with Gasteiger partial charge in [0, 0.05) is 6.20 Å². The topological polar surface area (TPSA) is 115 Å². The quantitative estimate of drug-likeness (QED) is 0.588. The third-order valence-electron chi connectivity index (χ3n) is 2.03. The normalized spacial score (nSPS) is 11.6. The van der Waals surface area contributed by atoms with Crippen LogP contribution >= 0.6 is 0 Å². The first-order valence-electron chi connectivity index (χ1n) is 4.80. The van der Waals surface area contributed by atoms with E-state index in [1.807, 2.05) is 0 Å². The maximum atomic E-state index is 11.7. The van der Waals surface area contributed by atoms with Gasteiger partial charge in [0.15, 0.2) is 0 Å². The maximum Gasteiger partial charge on any atom is 0.255 e. The van der Waals surface area contributed by atoms with Crippen molar-refractivity contribution in [1.29, 1.82) is 0 Å². The van der Waals surface area contributed by atoms with E-state index in [0.29, 0.717) is 5.75 Å². The average Bonchev–Trinajstić information content (AvgIpc) is 2.35. The molecule has 0 saturated heterocycles. The van der Waals surface area contributed by atoms with Gasteiger partial charge in [0.2, 0.25) is 5.91 Å². The summed E-state index contributed by atoms with van der Waals surface area (Å²) in [5.74, 6) is -1.07. The monoisotopic (exact) mass is 239 g/mol. The molecule has 1 unspecified atom stereocenters. The van der Waals surface area contributed by atoms with Crippen LogP contribution in [0.2, 0.25) is 0 Å². The molecule has 7 heteroatoms. The standard InChI is InChI=1S/C10H13N3O4/c1-17-8-5-12-3-2-6(8)10(16)13-4-7(14)9(11)15/h2-3,5,7,14H,4H2,1H3,(H2,11,15)(H,13,16). The summed E-state index contributed by atoms with van der Waals surface area (Å²) in [6.45, 7) is -0.250. The predicted octanol–water partition coefficient (Wildman–Crippen LogP) is -1.33. The fourth-order valence-electron chi connectivity index (χ4n) is 1.12. The number of aliphatic hydroxyl groups excluding tert-OH is 1. The lowest BCUT2D eigenvalue weighted by Gasteiger charge is -2.10. The molecule has 1 aromatic rings. The molecule has 0 aromatic carbocycles. The summed E-state index contributed by atoms with van der Waals surface area (Å²) < 4.78 is 4.94. The molecule has 0 spiro atoms. The molecule has 92 valence electrons. The number of carbonyl (C=O) groups excluding carboxylic acids is 2. The lowest BCUT2D eigenvalue weighted by molar-refractivity contribution is -0.125. The molecule has 0 aliphatic carbocycles. The molecule has 0 saturated carbocycles. The van der Waals surface area contributed by atoms with Crippen molar-refractivity contribution in [3.05, 3.63) is 24.0 Å². The first-order chi connectivity index (χ1) is 8.06. The van der Waals surface area contributed by atoms with Crippen molar-refractivity contribution < 1.29 is 19.4 Å². The average molecular weight is 239 g/mol. The molecule has 0 radical (unpaired) electrons. The lowest BCUT2D eigenvalue weighted by atomic mass is 10.2. The number of ether oxygens (including phenoxy) is 1. The van der Waals surface area contributed by atoms with Gasteiger partial charge in [0.05, 0.1) is 25.4 Å². The summed E-state index contributed by atoms with van der Waals surface area (Å²) in [5, 5.41) is 11.5. The number of carbonyl (C=O) groups is 2. The van der Waals surface area contributed by atoms with Crippen LogP contribution in [0.15, 0.2) is 18.5 Å². The Hall–Kier alpha value is -2.15. The maximum absolute atomic E-state index is 11.7. The second kappa shape index (κ2) is 5.80. The third-order valence-corrected chi connectivity index (χ3v) is 2.03. The van der Waals surface area contributed by atoms with E-state index in [1.165, 1.54) is 25.6 Å². The Labute approximate surface area is 97.6 Å². The Morgan fingerprint density at radius 3 is 2.94 bits per heavy atom. The number of hydrogen-bond acceptors (Lipinski definition) is 5. The number of nitrogens with one attached hydrogen (secondary N) is 1. The molecule has 1 heterocycles. The first-order valence-corrected chi connectivity index (χ1v) is 4.80. The molecule has 4 N–H and O–H groups in total. The molecule has 0 fully saturated rings. The molecule has 2 amide bonds. The molecule has 7 nitrogen and oxygen atoms in total. The number of methoxy groups -OCH3 is 1. The first kappa shape index (κ1) is 12.9. The van der Waals surface area contributed by atoms with Gasteiger partial charge >= 0.3 is 0 Å². The number of amides is 2. The summed E-state index contributed by atoms with van der Waals surface area (Å²) in [6.07, 6.45) is 1.41. The van der Waals surface area contributed by atoms with Crippen LogP contribution in [0.4, 0.5) is 0 Å². The van der Waals surface area contributed by atoms with Crippen molar-refractivity contribution >= 4 is 11.8 Å². The van der Waals surface area contributed by atoms with Crippen molar-refractivity contribution in [2.24, 2.45) is 5.73 Å². The molecule has 1 atom stereocenters. The number of rotatable bonds is 5. The van der Waals surface area contributed by atoms with Gasteiger partial charge in [-0.1, -0.05) is 0 Å². The van der Waals surface area contributed by atoms with Gasteiger partial charge in [-0.05, 0) is 6.07 Å². The molecule has 1 rings (SSSR count). The molecule has 0 aliphatic rings. The summed E-state index contributed by atoms with van der Waals surface area (Å²) >= 11 is 0. The van der Waals surface area contributed by atoms with Crippen molar-refractivity contribution in [3.63, 3.8) is 0 Å². The molecule has 17 heavy (non-hydrogen) atoms. The molecule has 1 aromatic heterocycles. The minimum Gasteiger partial charge on any atom is -0.494 e. The van der Waals surface area contributed by atoms with Gasteiger partial charge in [-0.15, -0.1) is 0 Å². The Kier molecular flexibility index (Phi) is 4.41. The number of pyridine rings is 1. The van der Waals surface area contributed by atoms with E-state index < -0.39 is 17.9 Å². The number of primary amides is 1. The van der Waals surface area contributed by atoms with E-state index in [-0.39, 0.29) is 12.1 Å². The van der Waals surface area contributed by atoms with E-state index in [9.17, 15) is 9.59 Å². The van der Waals surface area contributed by atoms with Crippen molar-refractivity contribution in [2.45, 2.75) is 6.10 Å². The van der Waals surface area contributed by atoms with Crippen molar-refractivity contribution in [2.75, 3.05) is 13.7 Å². The summed E-state index contributed by atoms with van der Waals surface area (Å²) in [4.78, 5) is 26.0. The molecular weight excluding hydrogens is 226 g/mol. The van der Waals surface area contributed by atoms with E-state index in [1.54, 1.807) is 0 Å². The van der Waals surface area contributed by atoms with Gasteiger partial charge in [-0.3, -0.25) is 14.6 Å². The van der Waals surface area contributed by atoms with Gasteiger partial charge in [-0.25, -0.2) is 0 Å². The van der Waals surface area contributed by atoms with Crippen LogP contribution in [0, 0.1) is 0 Å². The van der Waals surface area contributed by atoms with E-state index >= 15 is 0 Å². The van der Waals surface area contributed by atoms with Crippen LogP contribution in [0.1, 0.15) is 10.4 Å². The van der Waals surface area contributed by atoms with E-state index in [0.717, 1.165) is 0 Å². The number of nitrogens with two attached hydrogens (primary N) is 1. The Morgan fingerprint density at radius 1 is 1.65 bits per heavy atom. The lowest BCUT2D eigenvalue weighted by Crippen LogP contribution is -2.40. The minimum absolute atomic E-state index is 0.250. The van der Waals surface area contributed by atoms with Gasteiger partial charge in [0.1, 0.15) is 11.9 Å². The van der Waals surface area contributed by atoms with Gasteiger partial charge in [-0.2, -0.15) is 0 Å². The van der Waals surface area contributed by atoms with Gasteiger partial charge in [0.25, 0.3) is 5.91 Å². The van der Waals surface area contributed by atoms with Gasteiger partial charge < -0.3 is 20.9 Å². The zero-order valence-corrected chi connectivity index (χ0v) is 9.21. The largest absolute Gasteiger partial charge is 0.494 e. The molecular formula is C10H13N3O4. The van der Waals surface area contributed by atoms with Crippen LogP contribution in [0.25, 0.3) is 0 Å².